The number of aliphatic carboxylic acids is 2. The molecular formula is C14H19N3Na2O5S. The molecule has 0 amide bonds. The van der Waals surface area contributed by atoms with Crippen LogP contribution in [0, 0.1) is 0 Å². The maximum Gasteiger partial charge on any atom is 1.00 e. The largest absolute Gasteiger partial charge is 1.00 e. The van der Waals surface area contributed by atoms with Gasteiger partial charge in [-0.1, -0.05) is 19.4 Å². The third kappa shape index (κ3) is 10.7. The van der Waals surface area contributed by atoms with E-state index >= 15 is 0 Å². The van der Waals surface area contributed by atoms with Crippen LogP contribution in [0.25, 0.3) is 5.57 Å². The van der Waals surface area contributed by atoms with Crippen LogP contribution in [-0.4, -0.2) is 52.3 Å². The first-order valence-electron chi connectivity index (χ1n) is 7.21. The van der Waals surface area contributed by atoms with Gasteiger partial charge in [-0.2, -0.15) is 4.37 Å². The zero-order chi connectivity index (χ0) is 17.2. The molecule has 128 valence electrons. The number of likely N-dealkylation sites (N-methyl/N-ethyl adjacent to an activating group) is 1. The third-order valence-electron chi connectivity index (χ3n) is 3.01. The Morgan fingerprint density at radius 3 is 2.44 bits per heavy atom. The van der Waals surface area contributed by atoms with Gasteiger partial charge >= 0.3 is 59.1 Å². The van der Waals surface area contributed by atoms with Crippen molar-refractivity contribution in [2.45, 2.75) is 26.2 Å². The fourth-order valence-corrected chi connectivity index (χ4v) is 2.38. The summed E-state index contributed by atoms with van der Waals surface area (Å²) in [6.07, 6.45) is 5.54. The Bertz CT molecular complexity index is 556. The van der Waals surface area contributed by atoms with Crippen LogP contribution in [0.5, 0.6) is 5.88 Å². The molecule has 25 heavy (non-hydrogen) atoms. The van der Waals surface area contributed by atoms with Crippen LogP contribution in [0.2, 0.25) is 0 Å². The maximum atomic E-state index is 8.93. The molecule has 1 aliphatic rings. The second-order valence-corrected chi connectivity index (χ2v) is 5.48. The Balaban J connectivity index is 0. The molecule has 0 radical (unpaired) electrons. The van der Waals surface area contributed by atoms with Gasteiger partial charge in [-0.25, -0.2) is 0 Å². The second kappa shape index (κ2) is 15.1. The smallest absolute Gasteiger partial charge is 0.543 e. The number of carbonyl (C=O) groups is 2. The molecule has 0 saturated carbocycles. The Hall–Kier alpha value is 0. The summed E-state index contributed by atoms with van der Waals surface area (Å²) < 4.78 is 14.3. The van der Waals surface area contributed by atoms with Crippen LogP contribution < -0.4 is 74.1 Å². The van der Waals surface area contributed by atoms with Gasteiger partial charge in [-0.05, 0) is 25.5 Å². The number of aromatic nitrogens is 2. The van der Waals surface area contributed by atoms with Crippen molar-refractivity contribution in [3.05, 3.63) is 11.8 Å². The third-order valence-corrected chi connectivity index (χ3v) is 3.52. The Morgan fingerprint density at radius 1 is 1.28 bits per heavy atom. The van der Waals surface area contributed by atoms with E-state index in [2.05, 4.69) is 33.7 Å². The van der Waals surface area contributed by atoms with Gasteiger partial charge in [0.1, 0.15) is 5.69 Å². The zero-order valence-corrected chi connectivity index (χ0v) is 19.9. The first-order valence-corrected chi connectivity index (χ1v) is 7.94. The molecule has 1 aromatic rings. The Morgan fingerprint density at radius 2 is 1.92 bits per heavy atom. The molecule has 11 heteroatoms. The van der Waals surface area contributed by atoms with E-state index in [1.54, 1.807) is 0 Å². The summed E-state index contributed by atoms with van der Waals surface area (Å²) >= 11 is 1.23. The van der Waals surface area contributed by atoms with Crippen molar-refractivity contribution in [3.63, 3.8) is 0 Å². The molecule has 0 N–H and O–H groups in total. The van der Waals surface area contributed by atoms with Crippen LogP contribution in [0.4, 0.5) is 0 Å². The van der Waals surface area contributed by atoms with E-state index in [1.165, 1.54) is 17.3 Å². The normalized spacial score (nSPS) is 13.3. The predicted molar refractivity (Wildman–Crippen MR) is 80.4 cm³/mol. The Kier molecular flexibility index (Phi) is 16.4. The van der Waals surface area contributed by atoms with Crippen LogP contribution in [0.1, 0.15) is 31.9 Å². The number of carbonyl (C=O) groups excluding carboxylic acids is 2. The molecule has 2 rings (SSSR count). The monoisotopic (exact) mass is 387 g/mol. The maximum absolute atomic E-state index is 8.93. The summed E-state index contributed by atoms with van der Waals surface area (Å²) in [5.74, 6) is -3.66. The molecule has 2 heterocycles. The fraction of sp³-hybridized carbons (Fsp3) is 0.571. The quantitative estimate of drug-likeness (QED) is 0.278. The molecule has 8 nitrogen and oxygen atoms in total. The summed E-state index contributed by atoms with van der Waals surface area (Å²) in [6.45, 7) is 4.95. The van der Waals surface area contributed by atoms with Crippen molar-refractivity contribution < 1.29 is 83.7 Å². The molecule has 0 spiro atoms. The number of hydrogen-bond donors (Lipinski definition) is 0. The first-order chi connectivity index (χ1) is 11.0. The fourth-order valence-electron chi connectivity index (χ4n) is 1.85. The van der Waals surface area contributed by atoms with E-state index in [-0.39, 0.29) is 59.1 Å². The van der Waals surface area contributed by atoms with Gasteiger partial charge in [0.2, 0.25) is 0 Å². The predicted octanol–water partition coefficient (Wildman–Crippen LogP) is -7.07. The minimum Gasteiger partial charge on any atom is -0.543 e. The average Bonchev–Trinajstić information content (AvgIpc) is 2.96. The van der Waals surface area contributed by atoms with Gasteiger partial charge in [-0.3, -0.25) is 0 Å². The zero-order valence-electron chi connectivity index (χ0n) is 15.1. The van der Waals surface area contributed by atoms with E-state index in [1.807, 2.05) is 0 Å². The van der Waals surface area contributed by atoms with Crippen LogP contribution in [-0.2, 0) is 9.59 Å². The van der Waals surface area contributed by atoms with Crippen molar-refractivity contribution in [2.75, 3.05) is 26.7 Å². The van der Waals surface area contributed by atoms with Gasteiger partial charge in [-0.15, -0.1) is 4.37 Å². The molecule has 0 unspecified atom stereocenters. The number of nitrogens with zero attached hydrogens (tertiary/aromatic N) is 3. The number of carboxylic acid groups (broad SMARTS) is 2. The molecule has 1 aliphatic heterocycles. The van der Waals surface area contributed by atoms with E-state index in [0.29, 0.717) is 5.88 Å². The first kappa shape index (κ1) is 27.2. The molecular weight excluding hydrogens is 368 g/mol. The van der Waals surface area contributed by atoms with Gasteiger partial charge in [0.05, 0.1) is 30.3 Å². The molecule has 1 aromatic heterocycles. The number of hydrogen-bond acceptors (Lipinski definition) is 9. The summed E-state index contributed by atoms with van der Waals surface area (Å²) in [6, 6.07) is 0. The van der Waals surface area contributed by atoms with E-state index < -0.39 is 11.9 Å². The summed E-state index contributed by atoms with van der Waals surface area (Å²) in [5.41, 5.74) is 2.19. The van der Waals surface area contributed by atoms with Crippen LogP contribution in [0.15, 0.2) is 6.08 Å². The number of ether oxygens (including phenoxy) is 1. The van der Waals surface area contributed by atoms with E-state index in [9.17, 15) is 0 Å². The standard InChI is InChI=1S/C12H19N3OS.C2H2O4.2Na/c1-3-4-8-16-12-11(13-17-14-12)10-6-5-7-15(2)9-10;3-1(4)2(5)6;;/h6H,3-5,7-9H2,1-2H3;(H,3,4)(H,5,6);;/q;;2*+1/p-2. The van der Waals surface area contributed by atoms with E-state index in [4.69, 9.17) is 24.5 Å². The molecule has 0 fully saturated rings. The molecule has 0 aliphatic carbocycles. The topological polar surface area (TPSA) is 119 Å². The SMILES string of the molecule is CCCCOc1nsnc1C1=CCCN(C)C1.O=C([O-])C(=O)[O-].[Na+].[Na+]. The summed E-state index contributed by atoms with van der Waals surface area (Å²) in [5, 5.41) is 17.9. The average molecular weight is 387 g/mol. The molecule has 0 bridgehead atoms. The van der Waals surface area contributed by atoms with E-state index in [0.717, 1.165) is 44.7 Å². The van der Waals surface area contributed by atoms with Crippen molar-refractivity contribution in [2.24, 2.45) is 0 Å². The van der Waals surface area contributed by atoms with Gasteiger partial charge < -0.3 is 29.4 Å². The van der Waals surface area contributed by atoms with Crippen molar-refractivity contribution >= 4 is 29.2 Å². The molecule has 0 aromatic carbocycles. The number of carboxylic acids is 2. The molecule has 0 atom stereocenters. The minimum absolute atomic E-state index is 0. The number of rotatable bonds is 5. The number of unbranched alkanes of at least 4 members (excludes halogenated alkanes) is 1. The van der Waals surface area contributed by atoms with Gasteiger partial charge in [0, 0.05) is 13.1 Å². The van der Waals surface area contributed by atoms with Crippen LogP contribution in [0.3, 0.4) is 0 Å². The van der Waals surface area contributed by atoms with Gasteiger partial charge in [0.15, 0.2) is 0 Å². The summed E-state index contributed by atoms with van der Waals surface area (Å²) in [4.78, 5) is 20.1. The van der Waals surface area contributed by atoms with Crippen LogP contribution >= 0.6 is 11.7 Å². The molecule has 0 saturated heterocycles. The van der Waals surface area contributed by atoms with Gasteiger partial charge in [0.25, 0.3) is 5.88 Å². The van der Waals surface area contributed by atoms with Crippen molar-refractivity contribution in [1.29, 1.82) is 0 Å². The van der Waals surface area contributed by atoms with Crippen molar-refractivity contribution in [1.82, 2.24) is 13.6 Å². The second-order valence-electron chi connectivity index (χ2n) is 4.95. The Labute approximate surface area is 195 Å². The summed E-state index contributed by atoms with van der Waals surface area (Å²) in [7, 11) is 2.13. The minimum atomic E-state index is -2.19. The van der Waals surface area contributed by atoms with Crippen molar-refractivity contribution in [3.8, 4) is 5.88 Å².